The third kappa shape index (κ3) is 4.81. The molecule has 1 aromatic heterocycles. The van der Waals surface area contributed by atoms with E-state index in [9.17, 15) is 0 Å². The summed E-state index contributed by atoms with van der Waals surface area (Å²) in [6.07, 6.45) is 0. The quantitative estimate of drug-likeness (QED) is 0.168. The maximum atomic E-state index is 6.25. The Bertz CT molecular complexity index is 3210. The van der Waals surface area contributed by atoms with Gasteiger partial charge in [0.05, 0.1) is 5.69 Å². The minimum absolute atomic E-state index is 0.904. The Morgan fingerprint density at radius 2 is 0.796 bits per heavy atom. The Morgan fingerprint density at radius 3 is 1.46 bits per heavy atom. The minimum Gasteiger partial charge on any atom is -0.456 e. The van der Waals surface area contributed by atoms with Gasteiger partial charge in [0.25, 0.3) is 0 Å². The van der Waals surface area contributed by atoms with Gasteiger partial charge >= 0.3 is 0 Å². The number of benzene rings is 10. The normalized spacial score (nSPS) is 11.7. The maximum absolute atomic E-state index is 6.25. The summed E-state index contributed by atoms with van der Waals surface area (Å²) in [5.74, 6) is 0. The van der Waals surface area contributed by atoms with E-state index in [0.29, 0.717) is 0 Å². The van der Waals surface area contributed by atoms with E-state index in [1.165, 1.54) is 59.8 Å². The second-order valence-electron chi connectivity index (χ2n) is 14.1. The molecule has 2 heteroatoms. The lowest BCUT2D eigenvalue weighted by Crippen LogP contribution is -2.10. The van der Waals surface area contributed by atoms with Crippen molar-refractivity contribution >= 4 is 82.1 Å². The summed E-state index contributed by atoms with van der Waals surface area (Å²) in [7, 11) is 0. The zero-order valence-electron chi connectivity index (χ0n) is 29.4. The van der Waals surface area contributed by atoms with Gasteiger partial charge < -0.3 is 9.32 Å². The minimum atomic E-state index is 0.904. The highest BCUT2D eigenvalue weighted by Gasteiger charge is 2.19. The lowest BCUT2D eigenvalue weighted by atomic mass is 9.93. The van der Waals surface area contributed by atoms with Crippen LogP contribution in [0.2, 0.25) is 0 Å². The third-order valence-electron chi connectivity index (χ3n) is 11.0. The number of fused-ring (bicyclic) bond motifs is 9. The first-order valence-corrected chi connectivity index (χ1v) is 18.5. The molecule has 0 aliphatic heterocycles. The summed E-state index contributed by atoms with van der Waals surface area (Å²) in [5, 5.41) is 12.3. The van der Waals surface area contributed by atoms with Gasteiger partial charge in [0, 0.05) is 27.5 Å². The highest BCUT2D eigenvalue weighted by Crippen LogP contribution is 2.44. The Labute approximate surface area is 312 Å². The first-order chi connectivity index (χ1) is 26.8. The van der Waals surface area contributed by atoms with Crippen molar-refractivity contribution in [1.82, 2.24) is 0 Å². The van der Waals surface area contributed by atoms with Gasteiger partial charge in [0.1, 0.15) is 11.2 Å². The molecule has 252 valence electrons. The Balaban J connectivity index is 1.09. The van der Waals surface area contributed by atoms with E-state index in [4.69, 9.17) is 4.42 Å². The van der Waals surface area contributed by atoms with E-state index in [1.54, 1.807) is 0 Å². The molecular formula is C52H33NO. The number of para-hydroxylation sites is 1. The van der Waals surface area contributed by atoms with Crippen molar-refractivity contribution in [3.05, 3.63) is 200 Å². The fraction of sp³-hybridized carbons (Fsp3) is 0. The topological polar surface area (TPSA) is 16.4 Å². The standard InChI is InChI=1S/C52H33NO/c1-3-14-40-36(12-1)32-48(45-18-6-5-16-43(40)45)35-26-30-39(31-27-35)53(49-33-37-13-2-4-15-41(37)44-17-7-8-19-46(44)49)38-28-24-34(25-29-38)42-21-11-23-51-52(42)47-20-9-10-22-50(47)54-51/h1-33H. The van der Waals surface area contributed by atoms with Gasteiger partial charge in [-0.25, -0.2) is 0 Å². The number of anilines is 3. The maximum Gasteiger partial charge on any atom is 0.136 e. The van der Waals surface area contributed by atoms with Crippen LogP contribution in [0, 0.1) is 0 Å². The number of hydrogen-bond donors (Lipinski definition) is 0. The summed E-state index contributed by atoms with van der Waals surface area (Å²) in [6.45, 7) is 0. The zero-order valence-corrected chi connectivity index (χ0v) is 29.4. The highest BCUT2D eigenvalue weighted by atomic mass is 16.3. The first kappa shape index (κ1) is 30.5. The van der Waals surface area contributed by atoms with E-state index in [1.807, 2.05) is 12.1 Å². The van der Waals surface area contributed by atoms with Crippen molar-refractivity contribution in [2.45, 2.75) is 0 Å². The molecule has 2 nitrogen and oxygen atoms in total. The molecule has 0 unspecified atom stereocenters. The van der Waals surface area contributed by atoms with Crippen LogP contribution in [-0.2, 0) is 0 Å². The van der Waals surface area contributed by atoms with Crippen LogP contribution in [0.1, 0.15) is 0 Å². The van der Waals surface area contributed by atoms with Crippen LogP contribution in [0.4, 0.5) is 17.1 Å². The summed E-state index contributed by atoms with van der Waals surface area (Å²) in [5.41, 5.74) is 9.89. The second kappa shape index (κ2) is 12.2. The van der Waals surface area contributed by atoms with Gasteiger partial charge in [0.2, 0.25) is 0 Å². The van der Waals surface area contributed by atoms with Crippen LogP contribution in [0.25, 0.3) is 87.3 Å². The van der Waals surface area contributed by atoms with E-state index >= 15 is 0 Å². The third-order valence-corrected chi connectivity index (χ3v) is 11.0. The van der Waals surface area contributed by atoms with E-state index in [-0.39, 0.29) is 0 Å². The molecule has 0 aliphatic rings. The fourth-order valence-electron chi connectivity index (χ4n) is 8.54. The molecule has 0 saturated carbocycles. The van der Waals surface area contributed by atoms with E-state index < -0.39 is 0 Å². The molecule has 1 heterocycles. The molecule has 0 bridgehead atoms. The van der Waals surface area contributed by atoms with Crippen molar-refractivity contribution in [1.29, 1.82) is 0 Å². The molecule has 0 saturated heterocycles. The van der Waals surface area contributed by atoms with Crippen molar-refractivity contribution in [2.75, 3.05) is 4.90 Å². The number of hydrogen-bond acceptors (Lipinski definition) is 2. The largest absolute Gasteiger partial charge is 0.456 e. The molecule has 11 aromatic rings. The average molecular weight is 688 g/mol. The Morgan fingerprint density at radius 1 is 0.315 bits per heavy atom. The molecule has 0 aliphatic carbocycles. The molecule has 0 atom stereocenters. The van der Waals surface area contributed by atoms with Gasteiger partial charge in [-0.1, -0.05) is 152 Å². The number of rotatable bonds is 5. The van der Waals surface area contributed by atoms with Crippen LogP contribution in [-0.4, -0.2) is 0 Å². The second-order valence-corrected chi connectivity index (χ2v) is 14.1. The Kier molecular flexibility index (Phi) is 6.90. The van der Waals surface area contributed by atoms with Crippen LogP contribution in [0.15, 0.2) is 205 Å². The lowest BCUT2D eigenvalue weighted by Gasteiger charge is -2.28. The lowest BCUT2D eigenvalue weighted by molar-refractivity contribution is 0.669. The molecule has 0 spiro atoms. The molecule has 11 rings (SSSR count). The summed E-state index contributed by atoms with van der Waals surface area (Å²) in [4.78, 5) is 2.41. The summed E-state index contributed by atoms with van der Waals surface area (Å²) < 4.78 is 6.25. The van der Waals surface area contributed by atoms with Crippen LogP contribution in [0.3, 0.4) is 0 Å². The van der Waals surface area contributed by atoms with Crippen LogP contribution in [0.5, 0.6) is 0 Å². The predicted octanol–water partition coefficient (Wildman–Crippen LogP) is 15.0. The van der Waals surface area contributed by atoms with Gasteiger partial charge in [-0.05, 0) is 108 Å². The molecule has 10 aromatic carbocycles. The molecule has 0 amide bonds. The van der Waals surface area contributed by atoms with Crippen molar-refractivity contribution in [2.24, 2.45) is 0 Å². The molecule has 0 fully saturated rings. The molecular weight excluding hydrogens is 655 g/mol. The molecule has 54 heavy (non-hydrogen) atoms. The summed E-state index contributed by atoms with van der Waals surface area (Å²) >= 11 is 0. The first-order valence-electron chi connectivity index (χ1n) is 18.5. The number of furan rings is 1. The smallest absolute Gasteiger partial charge is 0.136 e. The van der Waals surface area contributed by atoms with E-state index in [0.717, 1.165) is 44.6 Å². The summed E-state index contributed by atoms with van der Waals surface area (Å²) in [6, 6.07) is 72.3. The zero-order chi connectivity index (χ0) is 35.6. The van der Waals surface area contributed by atoms with Gasteiger partial charge in [-0.15, -0.1) is 0 Å². The van der Waals surface area contributed by atoms with Crippen molar-refractivity contribution in [3.8, 4) is 22.3 Å². The molecule has 0 N–H and O–H groups in total. The van der Waals surface area contributed by atoms with Crippen molar-refractivity contribution in [3.63, 3.8) is 0 Å². The van der Waals surface area contributed by atoms with Crippen molar-refractivity contribution < 1.29 is 4.42 Å². The number of nitrogens with zero attached hydrogens (tertiary/aromatic N) is 1. The predicted molar refractivity (Wildman–Crippen MR) is 229 cm³/mol. The van der Waals surface area contributed by atoms with Gasteiger partial charge in [-0.3, -0.25) is 0 Å². The van der Waals surface area contributed by atoms with E-state index in [2.05, 4.69) is 193 Å². The Hall–Kier alpha value is -7.16. The van der Waals surface area contributed by atoms with Crippen LogP contribution < -0.4 is 4.90 Å². The van der Waals surface area contributed by atoms with Gasteiger partial charge in [-0.2, -0.15) is 0 Å². The fourth-order valence-corrected chi connectivity index (χ4v) is 8.54. The van der Waals surface area contributed by atoms with Gasteiger partial charge in [0.15, 0.2) is 0 Å². The SMILES string of the molecule is c1ccc2c(c1)cc(-c1ccc(N(c3ccc(-c4cccc5oc6ccccc6c45)cc3)c3cc4ccccc4c4ccccc34)cc1)c1ccccc12. The molecule has 0 radical (unpaired) electrons. The monoisotopic (exact) mass is 687 g/mol. The average Bonchev–Trinajstić information content (AvgIpc) is 3.63. The van der Waals surface area contributed by atoms with Crippen LogP contribution >= 0.6 is 0 Å². The highest BCUT2D eigenvalue weighted by molar-refractivity contribution is 6.16.